The molecule has 0 unspecified atom stereocenters. The van der Waals surface area contributed by atoms with Crippen molar-refractivity contribution in [3.8, 4) is 17.2 Å². The summed E-state index contributed by atoms with van der Waals surface area (Å²) in [5, 5.41) is 0. The van der Waals surface area contributed by atoms with Crippen molar-refractivity contribution >= 4 is 10.1 Å². The van der Waals surface area contributed by atoms with Gasteiger partial charge in [0, 0.05) is 0 Å². The highest BCUT2D eigenvalue weighted by Gasteiger charge is 2.48. The van der Waals surface area contributed by atoms with E-state index in [1.165, 1.54) is 18.2 Å². The van der Waals surface area contributed by atoms with Crippen LogP contribution in [0.3, 0.4) is 0 Å². The van der Waals surface area contributed by atoms with Gasteiger partial charge in [0.1, 0.15) is 5.75 Å². The minimum absolute atomic E-state index is 0.142. The summed E-state index contributed by atoms with van der Waals surface area (Å²) in [4.78, 5) is 0. The molecule has 112 valence electrons. The molecule has 2 rings (SSSR count). The third kappa shape index (κ3) is 3.66. The summed E-state index contributed by atoms with van der Waals surface area (Å²) < 4.78 is 68.4. The van der Waals surface area contributed by atoms with Gasteiger partial charge in [0.05, 0.1) is 0 Å². The number of para-hydroxylation sites is 3. The molecule has 0 spiro atoms. The highest BCUT2D eigenvalue weighted by molar-refractivity contribution is 7.88. The van der Waals surface area contributed by atoms with Crippen LogP contribution < -0.4 is 8.92 Å². The maximum Gasteiger partial charge on any atom is 0.534 e. The van der Waals surface area contributed by atoms with E-state index in [2.05, 4.69) is 4.18 Å². The Bertz CT molecular complexity index is 712. The molecule has 0 N–H and O–H groups in total. The van der Waals surface area contributed by atoms with Gasteiger partial charge in [-0.1, -0.05) is 30.3 Å². The van der Waals surface area contributed by atoms with Crippen molar-refractivity contribution in [3.63, 3.8) is 0 Å². The van der Waals surface area contributed by atoms with E-state index in [-0.39, 0.29) is 5.75 Å². The molecule has 0 aromatic heterocycles. The first-order chi connectivity index (χ1) is 9.79. The predicted octanol–water partition coefficient (Wildman–Crippen LogP) is 3.71. The van der Waals surface area contributed by atoms with Gasteiger partial charge in [0.2, 0.25) is 0 Å². The molecule has 0 saturated heterocycles. The molecule has 0 aliphatic heterocycles. The van der Waals surface area contributed by atoms with Crippen LogP contribution in [0.25, 0.3) is 0 Å². The zero-order chi connectivity index (χ0) is 15.5. The van der Waals surface area contributed by atoms with Gasteiger partial charge in [0.25, 0.3) is 0 Å². The average Bonchev–Trinajstić information content (AvgIpc) is 2.40. The molecule has 21 heavy (non-hydrogen) atoms. The Morgan fingerprint density at radius 1 is 0.810 bits per heavy atom. The monoisotopic (exact) mass is 318 g/mol. The highest BCUT2D eigenvalue weighted by atomic mass is 32.2. The molecule has 2 aromatic rings. The van der Waals surface area contributed by atoms with E-state index in [0.717, 1.165) is 6.07 Å². The van der Waals surface area contributed by atoms with Crippen LogP contribution in [0, 0.1) is 0 Å². The van der Waals surface area contributed by atoms with E-state index < -0.39 is 21.4 Å². The lowest BCUT2D eigenvalue weighted by atomic mass is 10.3. The molecule has 0 fully saturated rings. The van der Waals surface area contributed by atoms with Crippen LogP contribution in [-0.4, -0.2) is 13.9 Å². The molecule has 0 heterocycles. The summed E-state index contributed by atoms with van der Waals surface area (Å²) >= 11 is 0. The van der Waals surface area contributed by atoms with E-state index in [1.807, 2.05) is 0 Å². The number of ether oxygens (including phenoxy) is 1. The first kappa shape index (κ1) is 15.2. The molecule has 0 radical (unpaired) electrons. The van der Waals surface area contributed by atoms with E-state index in [4.69, 9.17) is 4.74 Å². The zero-order valence-corrected chi connectivity index (χ0v) is 11.2. The standard InChI is InChI=1S/C13H9F3O4S/c14-13(15,16)21(17,18)20-12-9-5-4-8-11(12)19-10-6-2-1-3-7-10/h1-9H. The van der Waals surface area contributed by atoms with Crippen LogP contribution >= 0.6 is 0 Å². The molecule has 0 bridgehead atoms. The Kier molecular flexibility index (Phi) is 4.08. The molecule has 2 aromatic carbocycles. The average molecular weight is 318 g/mol. The topological polar surface area (TPSA) is 52.6 Å². The first-order valence-electron chi connectivity index (χ1n) is 5.62. The smallest absolute Gasteiger partial charge is 0.453 e. The second kappa shape index (κ2) is 5.65. The lowest BCUT2D eigenvalue weighted by Gasteiger charge is -2.13. The van der Waals surface area contributed by atoms with Crippen molar-refractivity contribution in [1.29, 1.82) is 0 Å². The fourth-order valence-electron chi connectivity index (χ4n) is 1.38. The molecular formula is C13H9F3O4S. The fraction of sp³-hybridized carbons (Fsp3) is 0.0769. The number of hydrogen-bond acceptors (Lipinski definition) is 4. The Balaban J connectivity index is 2.30. The minimum Gasteiger partial charge on any atom is -0.453 e. The summed E-state index contributed by atoms with van der Waals surface area (Å²) in [5.41, 5.74) is -5.51. The van der Waals surface area contributed by atoms with Crippen LogP contribution in [0.1, 0.15) is 0 Å². The van der Waals surface area contributed by atoms with Crippen molar-refractivity contribution in [2.45, 2.75) is 5.51 Å². The van der Waals surface area contributed by atoms with Crippen LogP contribution in [0.5, 0.6) is 17.2 Å². The molecule has 0 aliphatic rings. The maximum atomic E-state index is 12.3. The number of rotatable bonds is 4. The van der Waals surface area contributed by atoms with Crippen molar-refractivity contribution in [2.24, 2.45) is 0 Å². The van der Waals surface area contributed by atoms with Gasteiger partial charge in [0.15, 0.2) is 11.5 Å². The fourth-order valence-corrected chi connectivity index (χ4v) is 1.85. The molecule has 0 saturated carbocycles. The summed E-state index contributed by atoms with van der Waals surface area (Å²) in [6.07, 6.45) is 0. The molecule has 4 nitrogen and oxygen atoms in total. The first-order valence-corrected chi connectivity index (χ1v) is 7.03. The molecule has 0 atom stereocenters. The quantitative estimate of drug-likeness (QED) is 0.637. The third-order valence-corrected chi connectivity index (χ3v) is 3.27. The Labute approximate surface area is 118 Å². The number of halogens is 3. The molecule has 0 aliphatic carbocycles. The van der Waals surface area contributed by atoms with Crippen molar-refractivity contribution in [3.05, 3.63) is 54.6 Å². The lowest BCUT2D eigenvalue weighted by molar-refractivity contribution is -0.0500. The minimum atomic E-state index is -5.75. The van der Waals surface area contributed by atoms with Gasteiger partial charge in [-0.3, -0.25) is 0 Å². The van der Waals surface area contributed by atoms with Crippen molar-refractivity contribution in [1.82, 2.24) is 0 Å². The maximum absolute atomic E-state index is 12.3. The SMILES string of the molecule is O=S(=O)(Oc1ccccc1Oc1ccccc1)C(F)(F)F. The summed E-state index contributed by atoms with van der Waals surface area (Å²) in [6, 6.07) is 13.4. The summed E-state index contributed by atoms with van der Waals surface area (Å²) in [7, 11) is -5.75. The zero-order valence-electron chi connectivity index (χ0n) is 10.4. The van der Waals surface area contributed by atoms with Crippen LogP contribution in [0.15, 0.2) is 54.6 Å². The lowest BCUT2D eigenvalue weighted by Crippen LogP contribution is -2.28. The Hall–Kier alpha value is -2.22. The van der Waals surface area contributed by atoms with Gasteiger partial charge in [-0.05, 0) is 24.3 Å². The highest BCUT2D eigenvalue weighted by Crippen LogP contribution is 2.35. The van der Waals surface area contributed by atoms with Gasteiger partial charge >= 0.3 is 15.6 Å². The second-order valence-electron chi connectivity index (χ2n) is 3.85. The van der Waals surface area contributed by atoms with E-state index in [1.54, 1.807) is 30.3 Å². The van der Waals surface area contributed by atoms with Crippen LogP contribution in [-0.2, 0) is 10.1 Å². The van der Waals surface area contributed by atoms with Gasteiger partial charge < -0.3 is 8.92 Å². The molecule has 0 amide bonds. The second-order valence-corrected chi connectivity index (χ2v) is 5.38. The molecule has 8 heteroatoms. The van der Waals surface area contributed by atoms with Gasteiger partial charge in [-0.2, -0.15) is 21.6 Å². The van der Waals surface area contributed by atoms with Crippen LogP contribution in [0.4, 0.5) is 13.2 Å². The van der Waals surface area contributed by atoms with E-state index in [0.29, 0.717) is 5.75 Å². The Morgan fingerprint density at radius 3 is 1.90 bits per heavy atom. The third-order valence-electron chi connectivity index (χ3n) is 2.30. The van der Waals surface area contributed by atoms with E-state index >= 15 is 0 Å². The Morgan fingerprint density at radius 2 is 1.33 bits per heavy atom. The van der Waals surface area contributed by atoms with Crippen molar-refractivity contribution < 1.29 is 30.5 Å². The predicted molar refractivity (Wildman–Crippen MR) is 68.6 cm³/mol. The van der Waals surface area contributed by atoms with Gasteiger partial charge in [-0.25, -0.2) is 0 Å². The number of alkyl halides is 3. The van der Waals surface area contributed by atoms with Gasteiger partial charge in [-0.15, -0.1) is 0 Å². The number of hydrogen-bond donors (Lipinski definition) is 0. The van der Waals surface area contributed by atoms with Crippen molar-refractivity contribution in [2.75, 3.05) is 0 Å². The van der Waals surface area contributed by atoms with E-state index in [9.17, 15) is 21.6 Å². The summed E-state index contributed by atoms with van der Waals surface area (Å²) in [6.45, 7) is 0. The largest absolute Gasteiger partial charge is 0.534 e. The number of benzene rings is 2. The summed E-state index contributed by atoms with van der Waals surface area (Å²) in [5.74, 6) is -0.354. The van der Waals surface area contributed by atoms with Crippen LogP contribution in [0.2, 0.25) is 0 Å². The normalized spacial score (nSPS) is 12.0. The molecular weight excluding hydrogens is 309 g/mol.